The highest BCUT2D eigenvalue weighted by Gasteiger charge is 2.23. The fourth-order valence-electron chi connectivity index (χ4n) is 2.01. The Bertz CT molecular complexity index is 622. The first-order valence-electron chi connectivity index (χ1n) is 7.67. The van der Waals surface area contributed by atoms with Crippen LogP contribution in [0.25, 0.3) is 0 Å². The second kappa shape index (κ2) is 7.73. The van der Waals surface area contributed by atoms with Crippen molar-refractivity contribution in [2.75, 3.05) is 11.9 Å². The molecule has 0 radical (unpaired) electrons. The largest absolute Gasteiger partial charge is 0.394 e. The summed E-state index contributed by atoms with van der Waals surface area (Å²) in [5.41, 5.74) is 0.554. The van der Waals surface area contributed by atoms with Gasteiger partial charge in [-0.2, -0.15) is 5.10 Å². The molecule has 1 atom stereocenters. The minimum atomic E-state index is -0.631. The molecule has 23 heavy (non-hydrogen) atoms. The summed E-state index contributed by atoms with van der Waals surface area (Å²) in [6.45, 7) is 4.30. The number of hydrogen-bond donors (Lipinski definition) is 3. The number of carbonyl (C=O) groups is 1. The molecule has 2 aromatic heterocycles. The number of nitrogens with one attached hydrogen (secondary N) is 2. The van der Waals surface area contributed by atoms with Gasteiger partial charge in [0.15, 0.2) is 5.82 Å². The van der Waals surface area contributed by atoms with E-state index < -0.39 is 5.54 Å². The summed E-state index contributed by atoms with van der Waals surface area (Å²) in [7, 11) is 0. The van der Waals surface area contributed by atoms with E-state index in [1.165, 1.54) is 5.56 Å². The number of aliphatic hydroxyl groups excluding tert-OH is 1. The maximum atomic E-state index is 11.9. The zero-order valence-electron chi connectivity index (χ0n) is 13.5. The second-order valence-corrected chi connectivity index (χ2v) is 5.72. The van der Waals surface area contributed by atoms with Gasteiger partial charge in [-0.05, 0) is 37.5 Å². The average molecular weight is 317 g/mol. The van der Waals surface area contributed by atoms with Gasteiger partial charge in [-0.15, -0.1) is 0 Å². The lowest BCUT2D eigenvalue weighted by atomic mass is 10.0. The van der Waals surface area contributed by atoms with Crippen LogP contribution in [-0.2, 0) is 13.0 Å². The second-order valence-electron chi connectivity index (χ2n) is 5.72. The summed E-state index contributed by atoms with van der Waals surface area (Å²) >= 11 is 0. The Morgan fingerprint density at radius 3 is 2.74 bits per heavy atom. The van der Waals surface area contributed by atoms with E-state index in [-0.39, 0.29) is 12.6 Å². The Morgan fingerprint density at radius 1 is 1.35 bits per heavy atom. The predicted octanol–water partition coefficient (Wildman–Crippen LogP) is 1.80. The van der Waals surface area contributed by atoms with Gasteiger partial charge in [0.1, 0.15) is 0 Å². The van der Waals surface area contributed by atoms with E-state index in [1.807, 2.05) is 25.3 Å². The van der Waals surface area contributed by atoms with E-state index in [0.717, 1.165) is 13.0 Å². The van der Waals surface area contributed by atoms with Crippen molar-refractivity contribution in [3.63, 3.8) is 0 Å². The average Bonchev–Trinajstić information content (AvgIpc) is 3.01. The molecule has 2 heterocycles. The Hall–Kier alpha value is -2.41. The van der Waals surface area contributed by atoms with Crippen LogP contribution in [0.5, 0.6) is 0 Å². The van der Waals surface area contributed by atoms with Gasteiger partial charge in [0.2, 0.25) is 0 Å². The molecule has 0 saturated carbocycles. The van der Waals surface area contributed by atoms with E-state index in [1.54, 1.807) is 30.1 Å². The van der Waals surface area contributed by atoms with Crippen molar-refractivity contribution in [2.24, 2.45) is 0 Å². The summed E-state index contributed by atoms with van der Waals surface area (Å²) in [5, 5.41) is 19.1. The Labute approximate surface area is 135 Å². The number of anilines is 1. The van der Waals surface area contributed by atoms with Crippen molar-refractivity contribution < 1.29 is 9.90 Å². The van der Waals surface area contributed by atoms with Gasteiger partial charge in [0.25, 0.3) is 0 Å². The molecule has 0 saturated heterocycles. The Morgan fingerprint density at radius 2 is 2.09 bits per heavy atom. The quantitative estimate of drug-likeness (QED) is 0.726. The summed E-state index contributed by atoms with van der Waals surface area (Å²) in [4.78, 5) is 15.9. The number of rotatable bonds is 7. The van der Waals surface area contributed by atoms with E-state index in [2.05, 4.69) is 20.7 Å². The van der Waals surface area contributed by atoms with Crippen LogP contribution in [0, 0.1) is 0 Å². The number of hydrogen-bond acceptors (Lipinski definition) is 4. The van der Waals surface area contributed by atoms with Crippen LogP contribution in [-0.4, -0.2) is 38.0 Å². The molecule has 7 nitrogen and oxygen atoms in total. The lowest BCUT2D eigenvalue weighted by Crippen LogP contribution is -2.50. The van der Waals surface area contributed by atoms with E-state index in [4.69, 9.17) is 0 Å². The summed E-state index contributed by atoms with van der Waals surface area (Å²) < 4.78 is 1.78. The molecule has 0 aliphatic rings. The highest BCUT2D eigenvalue weighted by atomic mass is 16.3. The van der Waals surface area contributed by atoms with Gasteiger partial charge in [-0.25, -0.2) is 4.79 Å². The van der Waals surface area contributed by atoms with E-state index in [9.17, 15) is 9.90 Å². The van der Waals surface area contributed by atoms with Crippen LogP contribution < -0.4 is 10.6 Å². The molecule has 0 aliphatic heterocycles. The third-order valence-electron chi connectivity index (χ3n) is 3.81. The molecule has 2 amide bonds. The third-order valence-corrected chi connectivity index (χ3v) is 3.81. The van der Waals surface area contributed by atoms with Gasteiger partial charge < -0.3 is 10.4 Å². The molecular weight excluding hydrogens is 294 g/mol. The van der Waals surface area contributed by atoms with Crippen molar-refractivity contribution in [1.82, 2.24) is 20.1 Å². The zero-order valence-corrected chi connectivity index (χ0v) is 13.5. The standard InChI is InChI=1S/C16H23N5O2/c1-3-16(2,12-22)19-15(23)18-14-7-11-21(20-14)10-6-13-4-8-17-9-5-13/h4-5,7-9,11,22H,3,6,10,12H2,1-2H3,(H2,18,19,20,23). The molecule has 124 valence electrons. The topological polar surface area (TPSA) is 92.1 Å². The zero-order chi connectivity index (χ0) is 16.7. The number of nitrogens with zero attached hydrogens (tertiary/aromatic N) is 3. The van der Waals surface area contributed by atoms with Crippen LogP contribution in [0.4, 0.5) is 10.6 Å². The van der Waals surface area contributed by atoms with Gasteiger partial charge in [0, 0.05) is 31.2 Å². The molecule has 0 bridgehead atoms. The van der Waals surface area contributed by atoms with Crippen molar-refractivity contribution >= 4 is 11.8 Å². The minimum absolute atomic E-state index is 0.114. The van der Waals surface area contributed by atoms with Crippen LogP contribution >= 0.6 is 0 Å². The number of carbonyl (C=O) groups excluding carboxylic acids is 1. The minimum Gasteiger partial charge on any atom is -0.394 e. The van der Waals surface area contributed by atoms with Crippen LogP contribution in [0.1, 0.15) is 25.8 Å². The number of aliphatic hydroxyl groups is 1. The van der Waals surface area contributed by atoms with Gasteiger partial charge >= 0.3 is 6.03 Å². The summed E-state index contributed by atoms with van der Waals surface area (Å²) in [6.07, 6.45) is 6.83. The molecule has 2 aromatic rings. The molecule has 7 heteroatoms. The van der Waals surface area contributed by atoms with Gasteiger partial charge in [0.05, 0.1) is 12.1 Å². The highest BCUT2D eigenvalue weighted by molar-refractivity contribution is 5.88. The molecule has 2 rings (SSSR count). The van der Waals surface area contributed by atoms with Crippen LogP contribution in [0.2, 0.25) is 0 Å². The Kier molecular flexibility index (Phi) is 5.70. The van der Waals surface area contributed by atoms with Crippen molar-refractivity contribution in [2.45, 2.75) is 38.8 Å². The molecule has 0 aliphatic carbocycles. The monoisotopic (exact) mass is 317 g/mol. The van der Waals surface area contributed by atoms with Gasteiger partial charge in [-0.3, -0.25) is 15.0 Å². The van der Waals surface area contributed by atoms with E-state index >= 15 is 0 Å². The number of amides is 2. The molecule has 3 N–H and O–H groups in total. The highest BCUT2D eigenvalue weighted by Crippen LogP contribution is 2.09. The Balaban J connectivity index is 1.86. The fourth-order valence-corrected chi connectivity index (χ4v) is 2.01. The first-order valence-corrected chi connectivity index (χ1v) is 7.67. The van der Waals surface area contributed by atoms with E-state index in [0.29, 0.717) is 12.2 Å². The third kappa shape index (κ3) is 5.07. The van der Waals surface area contributed by atoms with Crippen LogP contribution in [0.15, 0.2) is 36.8 Å². The molecular formula is C16H23N5O2. The lowest BCUT2D eigenvalue weighted by Gasteiger charge is -2.26. The van der Waals surface area contributed by atoms with Crippen molar-refractivity contribution in [3.8, 4) is 0 Å². The first kappa shape index (κ1) is 17.0. The molecule has 0 fully saturated rings. The number of urea groups is 1. The smallest absolute Gasteiger partial charge is 0.320 e. The predicted molar refractivity (Wildman–Crippen MR) is 88.1 cm³/mol. The normalized spacial score (nSPS) is 13.3. The van der Waals surface area contributed by atoms with Crippen LogP contribution in [0.3, 0.4) is 0 Å². The maximum absolute atomic E-state index is 11.9. The first-order chi connectivity index (χ1) is 11.0. The van der Waals surface area contributed by atoms with Gasteiger partial charge in [-0.1, -0.05) is 6.92 Å². The van der Waals surface area contributed by atoms with Crippen molar-refractivity contribution in [1.29, 1.82) is 0 Å². The molecule has 0 aromatic carbocycles. The summed E-state index contributed by atoms with van der Waals surface area (Å²) in [5.74, 6) is 0.480. The molecule has 0 spiro atoms. The number of aryl methyl sites for hydroxylation is 2. The maximum Gasteiger partial charge on any atom is 0.320 e. The number of pyridine rings is 1. The summed E-state index contributed by atoms with van der Waals surface area (Å²) in [6, 6.07) is 5.31. The number of aromatic nitrogens is 3. The molecule has 1 unspecified atom stereocenters. The fraction of sp³-hybridized carbons (Fsp3) is 0.438. The lowest BCUT2D eigenvalue weighted by molar-refractivity contribution is 0.172. The van der Waals surface area contributed by atoms with Crippen molar-refractivity contribution in [3.05, 3.63) is 42.4 Å². The SMILES string of the molecule is CCC(C)(CO)NC(=O)Nc1ccn(CCc2ccncc2)n1.